The van der Waals surface area contributed by atoms with Gasteiger partial charge >= 0.3 is 5.97 Å². The lowest BCUT2D eigenvalue weighted by Gasteiger charge is -2.13. The summed E-state index contributed by atoms with van der Waals surface area (Å²) in [6, 6.07) is 15.3. The number of benzene rings is 2. The van der Waals surface area contributed by atoms with Gasteiger partial charge in [-0.2, -0.15) is 0 Å². The highest BCUT2D eigenvalue weighted by Gasteiger charge is 2.23. The summed E-state index contributed by atoms with van der Waals surface area (Å²) >= 11 is 0. The molecule has 0 aliphatic rings. The summed E-state index contributed by atoms with van der Waals surface area (Å²) in [5.74, 6) is -1.28. The molecule has 1 heterocycles. The Morgan fingerprint density at radius 3 is 2.33 bits per heavy atom. The summed E-state index contributed by atoms with van der Waals surface area (Å²) < 4.78 is 8.31. The predicted octanol–water partition coefficient (Wildman–Crippen LogP) is 2.16. The number of hydrogen-bond donors (Lipinski definition) is 2. The van der Waals surface area contributed by atoms with Crippen LogP contribution >= 0.6 is 0 Å². The van der Waals surface area contributed by atoms with Crippen molar-refractivity contribution in [3.8, 4) is 5.69 Å². The highest BCUT2D eigenvalue weighted by atomic mass is 16.5. The third-order valence-corrected chi connectivity index (χ3v) is 4.83. The maximum absolute atomic E-state index is 12.9. The maximum atomic E-state index is 12.9. The highest BCUT2D eigenvalue weighted by Crippen LogP contribution is 2.15. The van der Waals surface area contributed by atoms with E-state index in [2.05, 4.69) is 5.32 Å². The number of para-hydroxylation sites is 1. The van der Waals surface area contributed by atoms with Crippen LogP contribution in [0.1, 0.15) is 28.5 Å². The number of nitrogens with one attached hydrogen (secondary N) is 1. The first-order valence-electron chi connectivity index (χ1n) is 9.39. The van der Waals surface area contributed by atoms with Crippen LogP contribution in [0.3, 0.4) is 0 Å². The lowest BCUT2D eigenvalue weighted by atomic mass is 10.1. The van der Waals surface area contributed by atoms with E-state index in [0.717, 1.165) is 0 Å². The largest absolute Gasteiger partial charge is 0.449 e. The number of carbonyl (C=O) groups excluding carboxylic acids is 2. The van der Waals surface area contributed by atoms with Gasteiger partial charge < -0.3 is 15.2 Å². The smallest absolute Gasteiger partial charge is 0.338 e. The Morgan fingerprint density at radius 2 is 1.73 bits per heavy atom. The fourth-order valence-electron chi connectivity index (χ4n) is 2.97. The minimum atomic E-state index is -1.11. The van der Waals surface area contributed by atoms with Crippen molar-refractivity contribution in [1.29, 1.82) is 0 Å². The zero-order valence-electron chi connectivity index (χ0n) is 17.0. The summed E-state index contributed by atoms with van der Waals surface area (Å²) in [6.07, 6.45) is -1.11. The SMILES string of the molecule is Cc1c(NC(=O)C(C)OC(=O)c2ccc(CO)cc2)c(=O)n(-c2ccccc2)n1C. The fraction of sp³-hybridized carbons (Fsp3) is 0.227. The summed E-state index contributed by atoms with van der Waals surface area (Å²) in [7, 11) is 1.72. The molecule has 156 valence electrons. The van der Waals surface area contributed by atoms with E-state index in [9.17, 15) is 14.4 Å². The van der Waals surface area contributed by atoms with Gasteiger partial charge in [0.15, 0.2) is 6.10 Å². The van der Waals surface area contributed by atoms with Crippen LogP contribution in [0.15, 0.2) is 59.4 Å². The van der Waals surface area contributed by atoms with E-state index < -0.39 is 18.0 Å². The van der Waals surface area contributed by atoms with Gasteiger partial charge in [-0.1, -0.05) is 30.3 Å². The molecular weight excluding hydrogens is 386 g/mol. The molecule has 0 bridgehead atoms. The number of esters is 1. The van der Waals surface area contributed by atoms with E-state index in [4.69, 9.17) is 9.84 Å². The zero-order valence-corrected chi connectivity index (χ0v) is 17.0. The summed E-state index contributed by atoms with van der Waals surface area (Å²) in [6.45, 7) is 3.02. The molecule has 30 heavy (non-hydrogen) atoms. The standard InChI is InChI=1S/C22H23N3O5/c1-14-19(21(28)25(24(14)3)18-7-5-4-6-8-18)23-20(27)15(2)30-22(29)17-11-9-16(13-26)10-12-17/h4-12,15,26H,13H2,1-3H3,(H,23,27). The van der Waals surface area contributed by atoms with E-state index in [-0.39, 0.29) is 23.4 Å². The molecule has 3 aromatic rings. The molecule has 1 unspecified atom stereocenters. The molecule has 0 spiro atoms. The lowest BCUT2D eigenvalue weighted by Crippen LogP contribution is -2.32. The molecule has 8 heteroatoms. The van der Waals surface area contributed by atoms with E-state index in [1.54, 1.807) is 42.9 Å². The molecule has 0 aliphatic carbocycles. The monoisotopic (exact) mass is 409 g/mol. The van der Waals surface area contributed by atoms with Crippen molar-refractivity contribution >= 4 is 17.6 Å². The molecule has 0 aliphatic heterocycles. The van der Waals surface area contributed by atoms with Crippen molar-refractivity contribution in [1.82, 2.24) is 9.36 Å². The number of nitrogens with zero attached hydrogens (tertiary/aromatic N) is 2. The van der Waals surface area contributed by atoms with Crippen LogP contribution in [0, 0.1) is 6.92 Å². The Bertz CT molecular complexity index is 1110. The Hall–Kier alpha value is -3.65. The number of ether oxygens (including phenoxy) is 1. The van der Waals surface area contributed by atoms with E-state index in [1.165, 1.54) is 23.7 Å². The normalized spacial score (nSPS) is 11.7. The number of amides is 1. The van der Waals surface area contributed by atoms with Crippen LogP contribution in [0.2, 0.25) is 0 Å². The average Bonchev–Trinajstić information content (AvgIpc) is 2.97. The Labute approximate surface area is 173 Å². The van der Waals surface area contributed by atoms with E-state index >= 15 is 0 Å². The molecule has 1 amide bonds. The van der Waals surface area contributed by atoms with Crippen LogP contribution < -0.4 is 10.9 Å². The molecule has 0 fully saturated rings. The maximum Gasteiger partial charge on any atom is 0.338 e. The number of aliphatic hydroxyl groups is 1. The number of hydrogen-bond acceptors (Lipinski definition) is 5. The topological polar surface area (TPSA) is 103 Å². The van der Waals surface area contributed by atoms with Crippen molar-refractivity contribution in [3.05, 3.63) is 81.8 Å². The van der Waals surface area contributed by atoms with Crippen LogP contribution in [-0.4, -0.2) is 32.5 Å². The van der Waals surface area contributed by atoms with Gasteiger partial charge in [-0.25, -0.2) is 9.48 Å². The summed E-state index contributed by atoms with van der Waals surface area (Å²) in [5, 5.41) is 11.6. The molecule has 1 aromatic heterocycles. The van der Waals surface area contributed by atoms with E-state index in [0.29, 0.717) is 16.9 Å². The van der Waals surface area contributed by atoms with Crippen LogP contribution in [0.5, 0.6) is 0 Å². The van der Waals surface area contributed by atoms with Gasteiger partial charge in [0.25, 0.3) is 11.5 Å². The van der Waals surface area contributed by atoms with Crippen molar-refractivity contribution in [3.63, 3.8) is 0 Å². The van der Waals surface area contributed by atoms with Crippen molar-refractivity contribution < 1.29 is 19.4 Å². The highest BCUT2D eigenvalue weighted by molar-refractivity contribution is 5.97. The molecule has 2 aromatic carbocycles. The fourth-order valence-corrected chi connectivity index (χ4v) is 2.97. The zero-order chi connectivity index (χ0) is 21.8. The average molecular weight is 409 g/mol. The number of carbonyl (C=O) groups is 2. The van der Waals surface area contributed by atoms with Gasteiger partial charge in [0, 0.05) is 7.05 Å². The van der Waals surface area contributed by atoms with Crippen molar-refractivity contribution in [2.24, 2.45) is 7.05 Å². The Balaban J connectivity index is 1.75. The Kier molecular flexibility index (Phi) is 6.17. The first-order chi connectivity index (χ1) is 14.3. The third-order valence-electron chi connectivity index (χ3n) is 4.83. The van der Waals surface area contributed by atoms with Crippen molar-refractivity contribution in [2.75, 3.05) is 5.32 Å². The molecule has 1 atom stereocenters. The quantitative estimate of drug-likeness (QED) is 0.608. The Morgan fingerprint density at radius 1 is 1.10 bits per heavy atom. The van der Waals surface area contributed by atoms with Crippen LogP contribution in [-0.2, 0) is 23.2 Å². The molecule has 2 N–H and O–H groups in total. The molecular formula is C22H23N3O5. The van der Waals surface area contributed by atoms with Crippen molar-refractivity contribution in [2.45, 2.75) is 26.6 Å². The first-order valence-corrected chi connectivity index (χ1v) is 9.39. The lowest BCUT2D eigenvalue weighted by molar-refractivity contribution is -0.123. The van der Waals surface area contributed by atoms with Crippen LogP contribution in [0.4, 0.5) is 5.69 Å². The minimum Gasteiger partial charge on any atom is -0.449 e. The number of rotatable bonds is 6. The first kappa shape index (κ1) is 21.1. The molecule has 8 nitrogen and oxygen atoms in total. The summed E-state index contributed by atoms with van der Waals surface area (Å²) in [4.78, 5) is 37.7. The van der Waals surface area contributed by atoms with Gasteiger partial charge in [0.2, 0.25) is 0 Å². The van der Waals surface area contributed by atoms with Crippen LogP contribution in [0.25, 0.3) is 5.69 Å². The minimum absolute atomic E-state index is 0.126. The van der Waals surface area contributed by atoms with Gasteiger partial charge in [-0.15, -0.1) is 0 Å². The second-order valence-corrected chi connectivity index (χ2v) is 6.83. The van der Waals surface area contributed by atoms with Gasteiger partial charge in [-0.3, -0.25) is 14.3 Å². The summed E-state index contributed by atoms with van der Waals surface area (Å²) in [5.41, 5.74) is 1.89. The molecule has 0 saturated carbocycles. The number of aromatic nitrogens is 2. The molecule has 0 saturated heterocycles. The third kappa shape index (κ3) is 4.18. The van der Waals surface area contributed by atoms with Gasteiger partial charge in [0.1, 0.15) is 5.69 Å². The molecule has 0 radical (unpaired) electrons. The second kappa shape index (κ2) is 8.79. The number of anilines is 1. The number of aliphatic hydroxyl groups excluding tert-OH is 1. The van der Waals surface area contributed by atoms with Gasteiger partial charge in [-0.05, 0) is 43.7 Å². The molecule has 3 rings (SSSR count). The van der Waals surface area contributed by atoms with E-state index in [1.807, 2.05) is 18.2 Å². The van der Waals surface area contributed by atoms with Gasteiger partial charge in [0.05, 0.1) is 23.6 Å². The second-order valence-electron chi connectivity index (χ2n) is 6.83. The predicted molar refractivity (Wildman–Crippen MR) is 112 cm³/mol.